The van der Waals surface area contributed by atoms with Gasteiger partial charge < -0.3 is 14.0 Å². The maximum atomic E-state index is 11.6. The lowest BCUT2D eigenvalue weighted by Gasteiger charge is -2.53. The molecule has 1 aliphatic rings. The van der Waals surface area contributed by atoms with Crippen LogP contribution < -0.4 is 0 Å². The van der Waals surface area contributed by atoms with Gasteiger partial charge in [-0.05, 0) is 68.9 Å². The lowest BCUT2D eigenvalue weighted by molar-refractivity contribution is -0.125. The van der Waals surface area contributed by atoms with Crippen molar-refractivity contribution in [2.45, 2.75) is 117 Å². The third-order valence-corrected chi connectivity index (χ3v) is 12.2. The van der Waals surface area contributed by atoms with Crippen LogP contribution in [0, 0.1) is 11.3 Å². The molecule has 1 rings (SSSR count). The highest BCUT2D eigenvalue weighted by atomic mass is 28.4. The number of aliphatic hydroxyl groups is 1. The molecule has 0 aliphatic heterocycles. The zero-order valence-corrected chi connectivity index (χ0v) is 22.1. The van der Waals surface area contributed by atoms with Crippen LogP contribution in [0.1, 0.15) is 61.3 Å². The molecule has 0 aromatic rings. The maximum absolute atomic E-state index is 11.6. The van der Waals surface area contributed by atoms with Gasteiger partial charge in [-0.1, -0.05) is 53.7 Å². The van der Waals surface area contributed by atoms with E-state index in [2.05, 4.69) is 87.3 Å². The molecule has 5 heteroatoms. The minimum absolute atomic E-state index is 0.0323. The van der Waals surface area contributed by atoms with Crippen LogP contribution >= 0.6 is 0 Å². The standard InChI is InChI=1S/C22H46O3Si2/c1-17-15-19(25-27(11,12)20(3,4)5)16-21(6,7)22(17,23)14-13-18(2)24-26(8,9)10/h13-14,17-19,23H,15-16H2,1-12H3/b14-13+/t17-,18?,19+,22+/m0/s1. The monoisotopic (exact) mass is 414 g/mol. The number of hydrogen-bond donors (Lipinski definition) is 1. The Balaban J connectivity index is 2.96. The van der Waals surface area contributed by atoms with Crippen LogP contribution in [0.4, 0.5) is 0 Å². The van der Waals surface area contributed by atoms with Crippen LogP contribution in [0.5, 0.6) is 0 Å². The summed E-state index contributed by atoms with van der Waals surface area (Å²) in [7, 11) is -3.40. The van der Waals surface area contributed by atoms with E-state index in [0.717, 1.165) is 12.8 Å². The summed E-state index contributed by atoms with van der Waals surface area (Å²) < 4.78 is 12.8. The van der Waals surface area contributed by atoms with E-state index in [-0.39, 0.29) is 28.6 Å². The highest BCUT2D eigenvalue weighted by Crippen LogP contribution is 2.50. The van der Waals surface area contributed by atoms with Gasteiger partial charge >= 0.3 is 0 Å². The summed E-state index contributed by atoms with van der Waals surface area (Å²) in [5, 5.41) is 11.8. The van der Waals surface area contributed by atoms with Crippen LogP contribution in [0.25, 0.3) is 0 Å². The van der Waals surface area contributed by atoms with E-state index in [0.29, 0.717) is 0 Å². The molecule has 0 bridgehead atoms. The predicted molar refractivity (Wildman–Crippen MR) is 122 cm³/mol. The van der Waals surface area contributed by atoms with Gasteiger partial charge in [-0.25, -0.2) is 0 Å². The van der Waals surface area contributed by atoms with Crippen LogP contribution in [-0.2, 0) is 8.85 Å². The molecule has 0 aromatic carbocycles. The van der Waals surface area contributed by atoms with Gasteiger partial charge in [0.1, 0.15) is 0 Å². The van der Waals surface area contributed by atoms with Crippen LogP contribution in [0.3, 0.4) is 0 Å². The van der Waals surface area contributed by atoms with Gasteiger partial charge in [-0.2, -0.15) is 0 Å². The highest BCUT2D eigenvalue weighted by Gasteiger charge is 2.52. The smallest absolute Gasteiger partial charge is 0.192 e. The fraction of sp³-hybridized carbons (Fsp3) is 0.909. The lowest BCUT2D eigenvalue weighted by Crippen LogP contribution is -2.57. The normalized spacial score (nSPS) is 31.3. The molecule has 1 saturated carbocycles. The number of rotatable bonds is 6. The summed E-state index contributed by atoms with van der Waals surface area (Å²) in [5.74, 6) is 0.145. The second-order valence-electron chi connectivity index (χ2n) is 11.8. The van der Waals surface area contributed by atoms with E-state index >= 15 is 0 Å². The fourth-order valence-corrected chi connectivity index (χ4v) is 6.57. The molecule has 1 N–H and O–H groups in total. The molecule has 1 unspecified atom stereocenters. The first-order chi connectivity index (χ1) is 11.8. The second-order valence-corrected chi connectivity index (χ2v) is 21.1. The van der Waals surface area contributed by atoms with Crippen molar-refractivity contribution >= 4 is 16.6 Å². The molecule has 160 valence electrons. The molecular weight excluding hydrogens is 368 g/mol. The molecule has 0 aromatic heterocycles. The predicted octanol–water partition coefficient (Wildman–Crippen LogP) is 6.36. The molecule has 4 atom stereocenters. The zero-order valence-electron chi connectivity index (χ0n) is 20.1. The first-order valence-electron chi connectivity index (χ1n) is 10.6. The zero-order chi connectivity index (χ0) is 21.5. The Labute approximate surface area is 171 Å². The second kappa shape index (κ2) is 8.06. The summed E-state index contributed by atoms with van der Waals surface area (Å²) in [5.41, 5.74) is -1.08. The first-order valence-corrected chi connectivity index (χ1v) is 16.9. The third-order valence-electron chi connectivity index (χ3n) is 6.62. The van der Waals surface area contributed by atoms with Crippen LogP contribution in [0.15, 0.2) is 12.2 Å². The molecule has 27 heavy (non-hydrogen) atoms. The van der Waals surface area contributed by atoms with Gasteiger partial charge in [0.25, 0.3) is 0 Å². The maximum Gasteiger partial charge on any atom is 0.192 e. The fourth-order valence-electron chi connectivity index (χ4n) is 4.01. The van der Waals surface area contributed by atoms with Gasteiger partial charge in [0.15, 0.2) is 16.6 Å². The van der Waals surface area contributed by atoms with E-state index < -0.39 is 22.2 Å². The molecule has 0 saturated heterocycles. The van der Waals surface area contributed by atoms with Crippen molar-refractivity contribution in [1.82, 2.24) is 0 Å². The molecule has 0 spiro atoms. The van der Waals surface area contributed by atoms with Crippen molar-refractivity contribution in [1.29, 1.82) is 0 Å². The lowest BCUT2D eigenvalue weighted by atomic mass is 9.60. The largest absolute Gasteiger partial charge is 0.414 e. The van der Waals surface area contributed by atoms with Gasteiger partial charge in [0.05, 0.1) is 11.7 Å². The minimum Gasteiger partial charge on any atom is -0.414 e. The first kappa shape index (κ1) is 25.1. The van der Waals surface area contributed by atoms with E-state index in [1.54, 1.807) is 0 Å². The SMILES string of the molecule is CC(/C=C/[C@@]1(O)[C@@H](C)C[C@@H](O[Si](C)(C)C(C)(C)C)CC1(C)C)O[Si](C)(C)C. The highest BCUT2D eigenvalue weighted by molar-refractivity contribution is 6.74. The van der Waals surface area contributed by atoms with Crippen LogP contribution in [0.2, 0.25) is 37.8 Å². The number of hydrogen-bond acceptors (Lipinski definition) is 3. The Morgan fingerprint density at radius 1 is 1.11 bits per heavy atom. The Morgan fingerprint density at radius 3 is 2.04 bits per heavy atom. The summed E-state index contributed by atoms with van der Waals surface area (Å²) in [6, 6.07) is 0. The van der Waals surface area contributed by atoms with Crippen molar-refractivity contribution in [3.63, 3.8) is 0 Å². The minimum atomic E-state index is -1.81. The van der Waals surface area contributed by atoms with Gasteiger partial charge in [0, 0.05) is 6.10 Å². The van der Waals surface area contributed by atoms with E-state index in [1.165, 1.54) is 0 Å². The van der Waals surface area contributed by atoms with Crippen molar-refractivity contribution < 1.29 is 14.0 Å². The van der Waals surface area contributed by atoms with E-state index in [4.69, 9.17) is 8.85 Å². The molecule has 3 nitrogen and oxygen atoms in total. The molecule has 0 heterocycles. The van der Waals surface area contributed by atoms with E-state index in [9.17, 15) is 5.11 Å². The quantitative estimate of drug-likeness (QED) is 0.406. The summed E-state index contributed by atoms with van der Waals surface area (Å²) in [6.45, 7) is 26.7. The Bertz CT molecular complexity index is 529. The third kappa shape index (κ3) is 6.26. The molecule has 0 radical (unpaired) electrons. The van der Waals surface area contributed by atoms with Crippen LogP contribution in [-0.4, -0.2) is 39.6 Å². The summed E-state index contributed by atoms with van der Waals surface area (Å²) in [4.78, 5) is 0. The van der Waals surface area contributed by atoms with Gasteiger partial charge in [-0.15, -0.1) is 0 Å². The molecule has 0 amide bonds. The van der Waals surface area contributed by atoms with Gasteiger partial charge in [-0.3, -0.25) is 0 Å². The summed E-state index contributed by atoms with van der Waals surface area (Å²) in [6.07, 6.45) is 6.12. The van der Waals surface area contributed by atoms with E-state index in [1.807, 2.05) is 6.08 Å². The molecular formula is C22H46O3Si2. The Morgan fingerprint density at radius 2 is 1.63 bits per heavy atom. The van der Waals surface area contributed by atoms with Crippen molar-refractivity contribution in [2.75, 3.05) is 0 Å². The average Bonchev–Trinajstić information content (AvgIpc) is 2.38. The average molecular weight is 415 g/mol. The van der Waals surface area contributed by atoms with Crippen molar-refractivity contribution in [3.05, 3.63) is 12.2 Å². The van der Waals surface area contributed by atoms with Crippen molar-refractivity contribution in [2.24, 2.45) is 11.3 Å². The molecule has 1 aliphatic carbocycles. The Kier molecular flexibility index (Phi) is 7.49. The van der Waals surface area contributed by atoms with Gasteiger partial charge in [0.2, 0.25) is 0 Å². The van der Waals surface area contributed by atoms with Crippen molar-refractivity contribution in [3.8, 4) is 0 Å². The summed E-state index contributed by atoms with van der Waals surface area (Å²) >= 11 is 0. The molecule has 1 fully saturated rings. The topological polar surface area (TPSA) is 38.7 Å². The Hall–Kier alpha value is 0.0538.